The topological polar surface area (TPSA) is 23.6 Å². The maximum Gasteiger partial charge on any atom is 0.254 e. The van der Waals surface area contributed by atoms with E-state index < -0.39 is 0 Å². The number of anilines is 1. The van der Waals surface area contributed by atoms with Crippen LogP contribution in [0.4, 0.5) is 5.69 Å². The van der Waals surface area contributed by atoms with Crippen LogP contribution in [-0.2, 0) is 0 Å². The molecule has 0 N–H and O–H groups in total. The minimum absolute atomic E-state index is 0.136. The Bertz CT molecular complexity index is 721. The zero-order chi connectivity index (χ0) is 16.4. The Kier molecular flexibility index (Phi) is 4.58. The molecule has 3 rings (SSSR count). The number of amides is 1. The smallest absolute Gasteiger partial charge is 0.254 e. The van der Waals surface area contributed by atoms with Crippen molar-refractivity contribution in [1.82, 2.24) is 4.90 Å². The Morgan fingerprint density at radius 2 is 1.70 bits per heavy atom. The van der Waals surface area contributed by atoms with Gasteiger partial charge in [0.15, 0.2) is 0 Å². The molecule has 0 aliphatic carbocycles. The zero-order valence-electron chi connectivity index (χ0n) is 13.6. The minimum Gasteiger partial charge on any atom is -0.368 e. The van der Waals surface area contributed by atoms with E-state index in [2.05, 4.69) is 11.0 Å². The van der Waals surface area contributed by atoms with E-state index >= 15 is 0 Å². The predicted molar refractivity (Wildman–Crippen MR) is 95.5 cm³/mol. The molecule has 2 aromatic rings. The Balaban J connectivity index is 1.69. The molecule has 0 saturated carbocycles. The lowest BCUT2D eigenvalue weighted by atomic mass is 10.0. The van der Waals surface area contributed by atoms with Gasteiger partial charge in [-0.2, -0.15) is 0 Å². The van der Waals surface area contributed by atoms with Crippen LogP contribution in [0.25, 0.3) is 0 Å². The van der Waals surface area contributed by atoms with E-state index in [4.69, 9.17) is 11.6 Å². The molecule has 1 aliphatic heterocycles. The van der Waals surface area contributed by atoms with Gasteiger partial charge in [0.25, 0.3) is 5.91 Å². The second kappa shape index (κ2) is 6.63. The average molecular weight is 329 g/mol. The van der Waals surface area contributed by atoms with Gasteiger partial charge in [-0.3, -0.25) is 4.79 Å². The van der Waals surface area contributed by atoms with E-state index in [1.165, 1.54) is 0 Å². The normalized spacial score (nSPS) is 14.9. The van der Waals surface area contributed by atoms with Gasteiger partial charge in [0.1, 0.15) is 0 Å². The third-order valence-electron chi connectivity index (χ3n) is 4.58. The van der Waals surface area contributed by atoms with Crippen LogP contribution < -0.4 is 4.90 Å². The molecule has 0 unspecified atom stereocenters. The number of piperazine rings is 1. The second-order valence-electron chi connectivity index (χ2n) is 6.01. The quantitative estimate of drug-likeness (QED) is 0.834. The van der Waals surface area contributed by atoms with Gasteiger partial charge in [-0.05, 0) is 49.2 Å². The van der Waals surface area contributed by atoms with E-state index in [1.807, 2.05) is 55.1 Å². The number of carbonyl (C=O) groups is 1. The number of carbonyl (C=O) groups excluding carboxylic acids is 1. The maximum absolute atomic E-state index is 12.8. The summed E-state index contributed by atoms with van der Waals surface area (Å²) in [6, 6.07) is 13.8. The number of rotatable bonds is 2. The van der Waals surface area contributed by atoms with Gasteiger partial charge in [0.2, 0.25) is 0 Å². The highest BCUT2D eigenvalue weighted by molar-refractivity contribution is 6.30. The Morgan fingerprint density at radius 1 is 1.00 bits per heavy atom. The van der Waals surface area contributed by atoms with Crippen LogP contribution in [0.1, 0.15) is 21.5 Å². The number of aryl methyl sites for hydroxylation is 1. The van der Waals surface area contributed by atoms with Crippen LogP contribution in [0.5, 0.6) is 0 Å². The second-order valence-corrected chi connectivity index (χ2v) is 6.44. The Labute approximate surface area is 142 Å². The van der Waals surface area contributed by atoms with Crippen molar-refractivity contribution in [2.75, 3.05) is 31.1 Å². The molecule has 23 heavy (non-hydrogen) atoms. The summed E-state index contributed by atoms with van der Waals surface area (Å²) in [5, 5.41) is 0.747. The van der Waals surface area contributed by atoms with Crippen molar-refractivity contribution in [3.05, 3.63) is 64.2 Å². The fourth-order valence-corrected chi connectivity index (χ4v) is 3.18. The van der Waals surface area contributed by atoms with Crippen molar-refractivity contribution < 1.29 is 4.79 Å². The van der Waals surface area contributed by atoms with Gasteiger partial charge >= 0.3 is 0 Å². The molecule has 0 radical (unpaired) electrons. The summed E-state index contributed by atoms with van der Waals surface area (Å²) in [5.41, 5.74) is 4.18. The SMILES string of the molecule is Cc1cccc(C(=O)N2CCN(c3cccc(Cl)c3)CC2)c1C. The lowest BCUT2D eigenvalue weighted by Crippen LogP contribution is -2.49. The standard InChI is InChI=1S/C19H21ClN2O/c1-14-5-3-8-18(15(14)2)19(23)22-11-9-21(10-12-22)17-7-4-6-16(20)13-17/h3-8,13H,9-12H2,1-2H3. The summed E-state index contributed by atoms with van der Waals surface area (Å²) >= 11 is 6.06. The highest BCUT2D eigenvalue weighted by Gasteiger charge is 2.23. The van der Waals surface area contributed by atoms with Crippen molar-refractivity contribution in [2.45, 2.75) is 13.8 Å². The summed E-state index contributed by atoms with van der Waals surface area (Å²) in [6.07, 6.45) is 0. The lowest BCUT2D eigenvalue weighted by Gasteiger charge is -2.36. The number of nitrogens with zero attached hydrogens (tertiary/aromatic N) is 2. The fraction of sp³-hybridized carbons (Fsp3) is 0.316. The van der Waals surface area contributed by atoms with E-state index in [0.29, 0.717) is 0 Å². The van der Waals surface area contributed by atoms with E-state index in [9.17, 15) is 4.79 Å². The number of hydrogen-bond acceptors (Lipinski definition) is 2. The maximum atomic E-state index is 12.8. The van der Waals surface area contributed by atoms with Crippen molar-refractivity contribution >= 4 is 23.2 Å². The molecular weight excluding hydrogens is 308 g/mol. The third-order valence-corrected chi connectivity index (χ3v) is 4.81. The van der Waals surface area contributed by atoms with E-state index in [-0.39, 0.29) is 5.91 Å². The molecule has 0 bridgehead atoms. The summed E-state index contributed by atoms with van der Waals surface area (Å²) < 4.78 is 0. The van der Waals surface area contributed by atoms with Gasteiger partial charge in [-0.25, -0.2) is 0 Å². The Hall–Kier alpha value is -2.00. The largest absolute Gasteiger partial charge is 0.368 e. The fourth-order valence-electron chi connectivity index (χ4n) is 2.99. The summed E-state index contributed by atoms with van der Waals surface area (Å²) in [4.78, 5) is 17.0. The number of hydrogen-bond donors (Lipinski definition) is 0. The third kappa shape index (κ3) is 3.35. The highest BCUT2D eigenvalue weighted by atomic mass is 35.5. The van der Waals surface area contributed by atoms with Gasteiger partial charge in [0.05, 0.1) is 0 Å². The molecule has 4 heteroatoms. The first-order valence-corrected chi connectivity index (χ1v) is 8.30. The van der Waals surface area contributed by atoms with Crippen molar-refractivity contribution in [2.24, 2.45) is 0 Å². The number of halogens is 1. The van der Waals surface area contributed by atoms with Crippen LogP contribution in [-0.4, -0.2) is 37.0 Å². The molecule has 1 amide bonds. The Morgan fingerprint density at radius 3 is 2.39 bits per heavy atom. The van der Waals surface area contributed by atoms with Gasteiger partial charge in [0, 0.05) is 42.5 Å². The van der Waals surface area contributed by atoms with Gasteiger partial charge < -0.3 is 9.80 Å². The van der Waals surface area contributed by atoms with Crippen LogP contribution in [0.15, 0.2) is 42.5 Å². The lowest BCUT2D eigenvalue weighted by molar-refractivity contribution is 0.0746. The molecule has 1 heterocycles. The van der Waals surface area contributed by atoms with E-state index in [0.717, 1.165) is 53.6 Å². The van der Waals surface area contributed by atoms with Crippen LogP contribution in [0.3, 0.4) is 0 Å². The summed E-state index contributed by atoms with van der Waals surface area (Å²) in [5.74, 6) is 0.136. The molecule has 0 spiro atoms. The highest BCUT2D eigenvalue weighted by Crippen LogP contribution is 2.22. The molecule has 120 valence electrons. The summed E-state index contributed by atoms with van der Waals surface area (Å²) in [6.45, 7) is 7.19. The van der Waals surface area contributed by atoms with Crippen molar-refractivity contribution in [1.29, 1.82) is 0 Å². The first-order chi connectivity index (χ1) is 11.1. The molecule has 3 nitrogen and oxygen atoms in total. The van der Waals surface area contributed by atoms with Crippen LogP contribution in [0, 0.1) is 13.8 Å². The first kappa shape index (κ1) is 15.9. The molecule has 1 fully saturated rings. The molecule has 1 aliphatic rings. The zero-order valence-corrected chi connectivity index (χ0v) is 14.3. The van der Waals surface area contributed by atoms with Gasteiger partial charge in [-0.15, -0.1) is 0 Å². The molecular formula is C19H21ClN2O. The van der Waals surface area contributed by atoms with Crippen molar-refractivity contribution in [3.63, 3.8) is 0 Å². The monoisotopic (exact) mass is 328 g/mol. The molecule has 0 atom stereocenters. The van der Waals surface area contributed by atoms with Gasteiger partial charge in [-0.1, -0.05) is 29.8 Å². The minimum atomic E-state index is 0.136. The molecule has 2 aromatic carbocycles. The van der Waals surface area contributed by atoms with Crippen LogP contribution in [0.2, 0.25) is 5.02 Å². The first-order valence-electron chi connectivity index (χ1n) is 7.92. The average Bonchev–Trinajstić information content (AvgIpc) is 2.57. The van der Waals surface area contributed by atoms with Crippen molar-refractivity contribution in [3.8, 4) is 0 Å². The molecule has 1 saturated heterocycles. The van der Waals surface area contributed by atoms with E-state index in [1.54, 1.807) is 0 Å². The predicted octanol–water partition coefficient (Wildman–Crippen LogP) is 3.92. The summed E-state index contributed by atoms with van der Waals surface area (Å²) in [7, 11) is 0. The molecule has 0 aromatic heterocycles. The van der Waals surface area contributed by atoms with Crippen LogP contribution >= 0.6 is 11.6 Å². The number of benzene rings is 2.